The number of hydrogen-bond donors (Lipinski definition) is 0. The van der Waals surface area contributed by atoms with E-state index in [1.807, 2.05) is 0 Å². The summed E-state index contributed by atoms with van der Waals surface area (Å²) in [6.45, 7) is 5.42. The normalized spacial score (nSPS) is 15.2. The molecule has 0 unspecified atom stereocenters. The van der Waals surface area contributed by atoms with E-state index in [2.05, 4.69) is 6.58 Å². The summed E-state index contributed by atoms with van der Waals surface area (Å²) in [4.78, 5) is 11.7. The lowest BCUT2D eigenvalue weighted by atomic mass is 10.0. The van der Waals surface area contributed by atoms with Gasteiger partial charge in [0.2, 0.25) is 0 Å². The summed E-state index contributed by atoms with van der Waals surface area (Å²) in [6.07, 6.45) is 5.05. The standard InChI is InChI=1S/C13H10N2O/c1-3-5-11-10(4-2)12(6-13(11)16)9(7-14)8-15/h3-5H,2,6H2,1H3/b5-3-. The minimum atomic E-state index is -0.0778. The van der Waals surface area contributed by atoms with Crippen molar-refractivity contribution in [2.45, 2.75) is 13.3 Å². The molecule has 0 aromatic heterocycles. The number of carbonyl (C=O) groups is 1. The van der Waals surface area contributed by atoms with Crippen molar-refractivity contribution in [3.63, 3.8) is 0 Å². The van der Waals surface area contributed by atoms with E-state index in [9.17, 15) is 4.79 Å². The SMILES string of the molecule is C=CC1=C(/C=C\C)C(=O)CC1=C(C#N)C#N. The first-order chi connectivity index (χ1) is 7.69. The Morgan fingerprint density at radius 3 is 2.44 bits per heavy atom. The van der Waals surface area contributed by atoms with E-state index >= 15 is 0 Å². The molecule has 3 heteroatoms. The van der Waals surface area contributed by atoms with Crippen LogP contribution in [0.5, 0.6) is 0 Å². The van der Waals surface area contributed by atoms with E-state index < -0.39 is 0 Å². The predicted molar refractivity (Wildman–Crippen MR) is 59.9 cm³/mol. The molecular weight excluding hydrogens is 200 g/mol. The van der Waals surface area contributed by atoms with Crippen LogP contribution in [0, 0.1) is 22.7 Å². The van der Waals surface area contributed by atoms with Crippen LogP contribution in [0.15, 0.2) is 47.1 Å². The topological polar surface area (TPSA) is 64.7 Å². The highest BCUT2D eigenvalue weighted by Gasteiger charge is 2.26. The lowest BCUT2D eigenvalue weighted by molar-refractivity contribution is -0.114. The molecule has 0 fully saturated rings. The van der Waals surface area contributed by atoms with Gasteiger partial charge in [-0.05, 0) is 18.1 Å². The summed E-state index contributed by atoms with van der Waals surface area (Å²) in [6, 6.07) is 3.60. The minimum absolute atomic E-state index is 0.0113. The summed E-state index contributed by atoms with van der Waals surface area (Å²) in [5.41, 5.74) is 1.59. The van der Waals surface area contributed by atoms with Crippen LogP contribution in [0.25, 0.3) is 0 Å². The molecule has 0 radical (unpaired) electrons. The molecule has 78 valence electrons. The fourth-order valence-electron chi connectivity index (χ4n) is 1.63. The van der Waals surface area contributed by atoms with Crippen LogP contribution in [0.3, 0.4) is 0 Å². The maximum atomic E-state index is 11.7. The Labute approximate surface area is 94.3 Å². The van der Waals surface area contributed by atoms with Crippen molar-refractivity contribution < 1.29 is 4.79 Å². The Kier molecular flexibility index (Phi) is 3.58. The molecule has 3 nitrogen and oxygen atoms in total. The van der Waals surface area contributed by atoms with E-state index in [0.717, 1.165) is 0 Å². The van der Waals surface area contributed by atoms with Gasteiger partial charge in [0.15, 0.2) is 5.78 Å². The molecule has 0 N–H and O–H groups in total. The van der Waals surface area contributed by atoms with Crippen LogP contribution in [0.4, 0.5) is 0 Å². The predicted octanol–water partition coefficient (Wildman–Crippen LogP) is 2.36. The zero-order valence-electron chi connectivity index (χ0n) is 8.95. The van der Waals surface area contributed by atoms with Crippen molar-refractivity contribution in [1.82, 2.24) is 0 Å². The fourth-order valence-corrected chi connectivity index (χ4v) is 1.63. The molecule has 0 amide bonds. The molecule has 0 spiro atoms. The first-order valence-corrected chi connectivity index (χ1v) is 4.75. The number of ketones is 1. The van der Waals surface area contributed by atoms with Gasteiger partial charge in [0, 0.05) is 12.0 Å². The Morgan fingerprint density at radius 1 is 1.38 bits per heavy atom. The second kappa shape index (κ2) is 4.91. The zero-order chi connectivity index (χ0) is 12.1. The van der Waals surface area contributed by atoms with E-state index in [-0.39, 0.29) is 17.8 Å². The van der Waals surface area contributed by atoms with Crippen molar-refractivity contribution in [2.24, 2.45) is 0 Å². The highest BCUT2D eigenvalue weighted by molar-refractivity contribution is 6.06. The zero-order valence-corrected chi connectivity index (χ0v) is 8.95. The van der Waals surface area contributed by atoms with E-state index in [4.69, 9.17) is 10.5 Å². The Balaban J connectivity index is 3.48. The number of allylic oxidation sites excluding steroid dienone is 7. The second-order valence-corrected chi connectivity index (χ2v) is 3.21. The number of nitrogens with zero attached hydrogens (tertiary/aromatic N) is 2. The number of hydrogen-bond acceptors (Lipinski definition) is 3. The molecule has 1 aliphatic rings. The summed E-state index contributed by atoms with van der Waals surface area (Å²) < 4.78 is 0. The molecule has 0 bridgehead atoms. The molecule has 0 atom stereocenters. The van der Waals surface area contributed by atoms with Crippen molar-refractivity contribution in [3.8, 4) is 12.1 Å². The van der Waals surface area contributed by atoms with Gasteiger partial charge in [0.25, 0.3) is 0 Å². The summed E-state index contributed by atoms with van der Waals surface area (Å²) >= 11 is 0. The molecule has 0 saturated carbocycles. The van der Waals surface area contributed by atoms with Gasteiger partial charge >= 0.3 is 0 Å². The third-order valence-corrected chi connectivity index (χ3v) is 2.32. The van der Waals surface area contributed by atoms with Crippen LogP contribution in [-0.4, -0.2) is 5.78 Å². The van der Waals surface area contributed by atoms with Crippen molar-refractivity contribution in [3.05, 3.63) is 47.1 Å². The monoisotopic (exact) mass is 210 g/mol. The molecule has 0 heterocycles. The fraction of sp³-hybridized carbons (Fsp3) is 0.154. The first kappa shape index (κ1) is 11.7. The second-order valence-electron chi connectivity index (χ2n) is 3.21. The van der Waals surface area contributed by atoms with Gasteiger partial charge in [-0.15, -0.1) is 0 Å². The first-order valence-electron chi connectivity index (χ1n) is 4.75. The summed E-state index contributed by atoms with van der Waals surface area (Å²) in [5.74, 6) is -0.0778. The Bertz CT molecular complexity index is 503. The molecule has 1 rings (SSSR count). The third kappa shape index (κ3) is 1.85. The molecule has 1 aliphatic carbocycles. The average molecular weight is 210 g/mol. The number of rotatable bonds is 2. The molecule has 0 aromatic carbocycles. The number of Topliss-reactive ketones (excluding diaryl/α,β-unsaturated/α-hetero) is 1. The van der Waals surface area contributed by atoms with Crippen LogP contribution < -0.4 is 0 Å². The Hall–Kier alpha value is -2.39. The average Bonchev–Trinajstić information content (AvgIpc) is 2.58. The quantitative estimate of drug-likeness (QED) is 0.657. The highest BCUT2D eigenvalue weighted by atomic mass is 16.1. The Morgan fingerprint density at radius 2 is 2.00 bits per heavy atom. The highest BCUT2D eigenvalue weighted by Crippen LogP contribution is 2.32. The van der Waals surface area contributed by atoms with Crippen LogP contribution in [0.1, 0.15) is 13.3 Å². The van der Waals surface area contributed by atoms with Gasteiger partial charge in [0.1, 0.15) is 17.7 Å². The molecule has 0 aromatic rings. The van der Waals surface area contributed by atoms with Gasteiger partial charge in [-0.2, -0.15) is 10.5 Å². The van der Waals surface area contributed by atoms with Crippen LogP contribution >= 0.6 is 0 Å². The summed E-state index contributed by atoms with van der Waals surface area (Å²) in [7, 11) is 0. The summed E-state index contributed by atoms with van der Waals surface area (Å²) in [5, 5.41) is 17.6. The van der Waals surface area contributed by atoms with Gasteiger partial charge in [0.05, 0.1) is 0 Å². The van der Waals surface area contributed by atoms with Crippen molar-refractivity contribution >= 4 is 5.78 Å². The third-order valence-electron chi connectivity index (χ3n) is 2.32. The minimum Gasteiger partial charge on any atom is -0.294 e. The largest absolute Gasteiger partial charge is 0.294 e. The smallest absolute Gasteiger partial charge is 0.167 e. The molecule has 0 aliphatic heterocycles. The van der Waals surface area contributed by atoms with Crippen LogP contribution in [0.2, 0.25) is 0 Å². The van der Waals surface area contributed by atoms with Gasteiger partial charge in [-0.3, -0.25) is 4.79 Å². The van der Waals surface area contributed by atoms with Gasteiger partial charge in [-0.1, -0.05) is 24.8 Å². The van der Waals surface area contributed by atoms with E-state index in [1.165, 1.54) is 6.08 Å². The molecule has 0 saturated heterocycles. The van der Waals surface area contributed by atoms with Crippen LogP contribution in [-0.2, 0) is 4.79 Å². The number of nitriles is 2. The number of carbonyl (C=O) groups excluding carboxylic acids is 1. The van der Waals surface area contributed by atoms with Crippen molar-refractivity contribution in [1.29, 1.82) is 10.5 Å². The van der Waals surface area contributed by atoms with Crippen molar-refractivity contribution in [2.75, 3.05) is 0 Å². The maximum absolute atomic E-state index is 11.7. The lowest BCUT2D eigenvalue weighted by Gasteiger charge is -1.98. The van der Waals surface area contributed by atoms with E-state index in [1.54, 1.807) is 31.2 Å². The molecular formula is C13H10N2O. The lowest BCUT2D eigenvalue weighted by Crippen LogP contribution is -1.92. The van der Waals surface area contributed by atoms with Gasteiger partial charge in [-0.25, -0.2) is 0 Å². The van der Waals surface area contributed by atoms with E-state index in [0.29, 0.717) is 16.7 Å². The maximum Gasteiger partial charge on any atom is 0.167 e. The molecule has 16 heavy (non-hydrogen) atoms. The van der Waals surface area contributed by atoms with Gasteiger partial charge < -0.3 is 0 Å².